The van der Waals surface area contributed by atoms with Crippen molar-refractivity contribution in [3.05, 3.63) is 0 Å². The second-order valence-corrected chi connectivity index (χ2v) is 4.26. The topological polar surface area (TPSA) is 20.2 Å². The second-order valence-electron chi connectivity index (χ2n) is 2.75. The monoisotopic (exact) mass is 178 g/mol. The van der Waals surface area contributed by atoms with Gasteiger partial charge in [-0.05, 0) is 35.5 Å². The van der Waals surface area contributed by atoms with E-state index >= 15 is 0 Å². The van der Waals surface area contributed by atoms with E-state index in [1.54, 1.807) is 0 Å². The number of aliphatic hydroxyl groups excluding tert-OH is 1. The Morgan fingerprint density at radius 2 is 2.50 bits per heavy atom. The highest BCUT2D eigenvalue weighted by molar-refractivity contribution is 7.99. The summed E-state index contributed by atoms with van der Waals surface area (Å²) >= 11 is 6.20. The fraction of sp³-hybridized carbons (Fsp3) is 1.00. The smallest absolute Gasteiger partial charge is 0.0470 e. The van der Waals surface area contributed by atoms with Gasteiger partial charge in [-0.2, -0.15) is 24.4 Å². The Bertz CT molecular complexity index is 87.6. The standard InChI is InChI=1S/C7H14OS2/c8-3-7(4-9)6-1-2-10-5-6/h6-9H,1-5H2. The highest BCUT2D eigenvalue weighted by atomic mass is 32.2. The van der Waals surface area contributed by atoms with Crippen molar-refractivity contribution >= 4 is 24.4 Å². The van der Waals surface area contributed by atoms with Crippen molar-refractivity contribution in [3.63, 3.8) is 0 Å². The number of rotatable bonds is 3. The Hall–Kier alpha value is 0.660. The average molecular weight is 178 g/mol. The van der Waals surface area contributed by atoms with E-state index in [0.717, 1.165) is 11.7 Å². The van der Waals surface area contributed by atoms with Crippen LogP contribution in [0.1, 0.15) is 6.42 Å². The average Bonchev–Trinajstić information content (AvgIpc) is 2.43. The molecule has 0 aromatic heterocycles. The number of hydrogen-bond donors (Lipinski definition) is 2. The van der Waals surface area contributed by atoms with Gasteiger partial charge in [0.1, 0.15) is 0 Å². The highest BCUT2D eigenvalue weighted by Crippen LogP contribution is 2.29. The maximum atomic E-state index is 8.93. The van der Waals surface area contributed by atoms with Gasteiger partial charge in [-0.25, -0.2) is 0 Å². The second kappa shape index (κ2) is 4.52. The molecule has 1 aliphatic rings. The summed E-state index contributed by atoms with van der Waals surface area (Å²) in [5.41, 5.74) is 0. The maximum absolute atomic E-state index is 8.93. The third kappa shape index (κ3) is 2.07. The van der Waals surface area contributed by atoms with Crippen LogP contribution < -0.4 is 0 Å². The minimum Gasteiger partial charge on any atom is -0.396 e. The zero-order chi connectivity index (χ0) is 7.40. The number of hydrogen-bond acceptors (Lipinski definition) is 3. The van der Waals surface area contributed by atoms with Gasteiger partial charge in [0.05, 0.1) is 0 Å². The Morgan fingerprint density at radius 1 is 1.70 bits per heavy atom. The van der Waals surface area contributed by atoms with Crippen LogP contribution in [0.25, 0.3) is 0 Å². The molecule has 0 aliphatic carbocycles. The predicted octanol–water partition coefficient (Wildman–Crippen LogP) is 1.28. The summed E-state index contributed by atoms with van der Waals surface area (Å²) in [6.45, 7) is 0.314. The van der Waals surface area contributed by atoms with Gasteiger partial charge in [-0.3, -0.25) is 0 Å². The number of thiol groups is 1. The minimum atomic E-state index is 0.314. The quantitative estimate of drug-likeness (QED) is 0.635. The minimum absolute atomic E-state index is 0.314. The molecule has 1 nitrogen and oxygen atoms in total. The zero-order valence-electron chi connectivity index (χ0n) is 5.99. The van der Waals surface area contributed by atoms with E-state index < -0.39 is 0 Å². The van der Waals surface area contributed by atoms with E-state index in [0.29, 0.717) is 12.5 Å². The molecule has 0 spiro atoms. The van der Waals surface area contributed by atoms with Gasteiger partial charge in [-0.1, -0.05) is 0 Å². The van der Waals surface area contributed by atoms with Crippen LogP contribution in [0.3, 0.4) is 0 Å². The SMILES string of the molecule is OCC(CS)C1CCSC1. The lowest BCUT2D eigenvalue weighted by Crippen LogP contribution is -2.19. The van der Waals surface area contributed by atoms with E-state index in [1.807, 2.05) is 11.8 Å². The summed E-state index contributed by atoms with van der Waals surface area (Å²) in [4.78, 5) is 0. The zero-order valence-corrected chi connectivity index (χ0v) is 7.70. The molecular formula is C7H14OS2. The van der Waals surface area contributed by atoms with Crippen molar-refractivity contribution in [1.29, 1.82) is 0 Å². The summed E-state index contributed by atoms with van der Waals surface area (Å²) in [6.07, 6.45) is 1.27. The molecule has 1 rings (SSSR count). The van der Waals surface area contributed by atoms with Crippen LogP contribution >= 0.6 is 24.4 Å². The molecule has 0 radical (unpaired) electrons. The van der Waals surface area contributed by atoms with Gasteiger partial charge < -0.3 is 5.11 Å². The molecular weight excluding hydrogens is 164 g/mol. The number of thioether (sulfide) groups is 1. The van der Waals surface area contributed by atoms with Crippen molar-refractivity contribution in [2.45, 2.75) is 6.42 Å². The van der Waals surface area contributed by atoms with E-state index in [9.17, 15) is 0 Å². The first kappa shape index (κ1) is 8.75. The molecule has 0 aromatic carbocycles. The van der Waals surface area contributed by atoms with Crippen molar-refractivity contribution in [2.75, 3.05) is 23.9 Å². The van der Waals surface area contributed by atoms with Crippen LogP contribution in [-0.4, -0.2) is 29.0 Å². The first-order valence-corrected chi connectivity index (χ1v) is 5.46. The van der Waals surface area contributed by atoms with Crippen LogP contribution in [0, 0.1) is 11.8 Å². The Balaban J connectivity index is 2.29. The maximum Gasteiger partial charge on any atom is 0.0470 e. The lowest BCUT2D eigenvalue weighted by Gasteiger charge is -2.17. The van der Waals surface area contributed by atoms with Crippen molar-refractivity contribution in [2.24, 2.45) is 11.8 Å². The third-order valence-electron chi connectivity index (χ3n) is 2.10. The van der Waals surface area contributed by atoms with Crippen LogP contribution in [-0.2, 0) is 0 Å². The third-order valence-corrected chi connectivity index (χ3v) is 3.76. The van der Waals surface area contributed by atoms with Crippen molar-refractivity contribution in [1.82, 2.24) is 0 Å². The van der Waals surface area contributed by atoms with E-state index in [4.69, 9.17) is 5.11 Å². The van der Waals surface area contributed by atoms with Gasteiger partial charge in [-0.15, -0.1) is 0 Å². The predicted molar refractivity (Wildman–Crippen MR) is 49.9 cm³/mol. The molecule has 1 heterocycles. The molecule has 1 N–H and O–H groups in total. The van der Waals surface area contributed by atoms with E-state index in [-0.39, 0.29) is 0 Å². The van der Waals surface area contributed by atoms with Gasteiger partial charge in [0.15, 0.2) is 0 Å². The molecule has 1 fully saturated rings. The van der Waals surface area contributed by atoms with Gasteiger partial charge in [0.2, 0.25) is 0 Å². The lowest BCUT2D eigenvalue weighted by molar-refractivity contribution is 0.202. The largest absolute Gasteiger partial charge is 0.396 e. The van der Waals surface area contributed by atoms with Gasteiger partial charge in [0.25, 0.3) is 0 Å². The fourth-order valence-corrected chi connectivity index (χ4v) is 3.07. The van der Waals surface area contributed by atoms with Crippen LogP contribution in [0.4, 0.5) is 0 Å². The summed E-state index contributed by atoms with van der Waals surface area (Å²) in [6, 6.07) is 0. The van der Waals surface area contributed by atoms with Crippen LogP contribution in [0.15, 0.2) is 0 Å². The number of aliphatic hydroxyl groups is 1. The normalized spacial score (nSPS) is 28.8. The fourth-order valence-electron chi connectivity index (χ4n) is 1.28. The van der Waals surface area contributed by atoms with Crippen LogP contribution in [0.5, 0.6) is 0 Å². The van der Waals surface area contributed by atoms with Crippen molar-refractivity contribution in [3.8, 4) is 0 Å². The van der Waals surface area contributed by atoms with Gasteiger partial charge >= 0.3 is 0 Å². The highest BCUT2D eigenvalue weighted by Gasteiger charge is 2.23. The molecule has 3 heteroatoms. The first-order chi connectivity index (χ1) is 4.88. The van der Waals surface area contributed by atoms with Crippen LogP contribution in [0.2, 0.25) is 0 Å². The summed E-state index contributed by atoms with van der Waals surface area (Å²) < 4.78 is 0. The Morgan fingerprint density at radius 3 is 2.90 bits per heavy atom. The van der Waals surface area contributed by atoms with E-state index in [2.05, 4.69) is 12.6 Å². The summed E-state index contributed by atoms with van der Waals surface area (Å²) in [5.74, 6) is 4.51. The summed E-state index contributed by atoms with van der Waals surface area (Å²) in [5, 5.41) is 8.93. The molecule has 1 aliphatic heterocycles. The molecule has 0 saturated carbocycles. The molecule has 1 saturated heterocycles. The summed E-state index contributed by atoms with van der Waals surface area (Å²) in [7, 11) is 0. The molecule has 2 atom stereocenters. The van der Waals surface area contributed by atoms with E-state index in [1.165, 1.54) is 17.9 Å². The molecule has 0 amide bonds. The molecule has 0 aromatic rings. The molecule has 0 bridgehead atoms. The van der Waals surface area contributed by atoms with Gasteiger partial charge in [0, 0.05) is 6.61 Å². The molecule has 2 unspecified atom stereocenters. The Labute approximate surface area is 72.0 Å². The molecule has 10 heavy (non-hydrogen) atoms. The Kier molecular flexibility index (Phi) is 3.96. The molecule has 60 valence electrons. The van der Waals surface area contributed by atoms with Crippen molar-refractivity contribution < 1.29 is 5.11 Å². The lowest BCUT2D eigenvalue weighted by atomic mass is 9.94. The first-order valence-electron chi connectivity index (χ1n) is 3.68.